The SMILES string of the molecule is Cc1ccc(CNc2ccc(C(=O)Nc3nc4ccccc4[nH]3)cc2)cc1. The molecule has 0 fully saturated rings. The summed E-state index contributed by atoms with van der Waals surface area (Å²) in [4.78, 5) is 19.9. The van der Waals surface area contributed by atoms with Crippen LogP contribution in [0, 0.1) is 6.92 Å². The van der Waals surface area contributed by atoms with Crippen LogP contribution < -0.4 is 10.6 Å². The third kappa shape index (κ3) is 3.98. The Morgan fingerprint density at radius 2 is 1.70 bits per heavy atom. The first-order valence-corrected chi connectivity index (χ1v) is 8.83. The monoisotopic (exact) mass is 356 g/mol. The summed E-state index contributed by atoms with van der Waals surface area (Å²) in [5, 5.41) is 6.17. The zero-order valence-electron chi connectivity index (χ0n) is 15.0. The number of nitrogens with one attached hydrogen (secondary N) is 3. The van der Waals surface area contributed by atoms with Gasteiger partial charge in [-0.2, -0.15) is 0 Å². The predicted octanol–water partition coefficient (Wildman–Crippen LogP) is 4.74. The summed E-state index contributed by atoms with van der Waals surface area (Å²) >= 11 is 0. The molecule has 0 bridgehead atoms. The van der Waals surface area contributed by atoms with Crippen molar-refractivity contribution in [1.29, 1.82) is 0 Å². The molecule has 0 aliphatic heterocycles. The molecular weight excluding hydrogens is 336 g/mol. The highest BCUT2D eigenvalue weighted by Crippen LogP contribution is 2.16. The highest BCUT2D eigenvalue weighted by molar-refractivity contribution is 6.04. The van der Waals surface area contributed by atoms with E-state index in [1.165, 1.54) is 11.1 Å². The summed E-state index contributed by atoms with van der Waals surface area (Å²) in [6.45, 7) is 2.82. The third-order valence-corrected chi connectivity index (χ3v) is 4.39. The number of imidazole rings is 1. The number of rotatable bonds is 5. The molecule has 1 aromatic heterocycles. The Labute approximate surface area is 157 Å². The Morgan fingerprint density at radius 1 is 0.963 bits per heavy atom. The fourth-order valence-corrected chi connectivity index (χ4v) is 2.84. The Kier molecular flexibility index (Phi) is 4.58. The number of carbonyl (C=O) groups excluding carboxylic acids is 1. The van der Waals surface area contributed by atoms with Gasteiger partial charge in [-0.1, -0.05) is 42.0 Å². The maximum Gasteiger partial charge on any atom is 0.257 e. The molecule has 5 heteroatoms. The Hall–Kier alpha value is -3.60. The molecule has 0 saturated heterocycles. The number of benzene rings is 3. The normalized spacial score (nSPS) is 10.7. The number of aryl methyl sites for hydroxylation is 1. The second-order valence-electron chi connectivity index (χ2n) is 6.47. The summed E-state index contributed by atoms with van der Waals surface area (Å²) in [5.41, 5.74) is 5.73. The molecule has 3 N–H and O–H groups in total. The summed E-state index contributed by atoms with van der Waals surface area (Å²) in [7, 11) is 0. The van der Waals surface area contributed by atoms with E-state index in [0.717, 1.165) is 23.3 Å². The number of carbonyl (C=O) groups is 1. The van der Waals surface area contributed by atoms with Gasteiger partial charge in [0.2, 0.25) is 5.95 Å². The van der Waals surface area contributed by atoms with E-state index in [1.54, 1.807) is 12.1 Å². The number of anilines is 2. The van der Waals surface area contributed by atoms with E-state index >= 15 is 0 Å². The van der Waals surface area contributed by atoms with Crippen molar-refractivity contribution >= 4 is 28.6 Å². The van der Waals surface area contributed by atoms with Gasteiger partial charge in [0.1, 0.15) is 0 Å². The van der Waals surface area contributed by atoms with Crippen LogP contribution in [-0.2, 0) is 6.54 Å². The minimum absolute atomic E-state index is 0.195. The highest BCUT2D eigenvalue weighted by Gasteiger charge is 2.09. The molecule has 0 spiro atoms. The second kappa shape index (κ2) is 7.33. The van der Waals surface area contributed by atoms with Crippen LogP contribution in [0.25, 0.3) is 11.0 Å². The topological polar surface area (TPSA) is 69.8 Å². The van der Waals surface area contributed by atoms with Crippen molar-refractivity contribution in [3.63, 3.8) is 0 Å². The first-order valence-electron chi connectivity index (χ1n) is 8.83. The summed E-state index contributed by atoms with van der Waals surface area (Å²) in [5.74, 6) is 0.252. The van der Waals surface area contributed by atoms with Crippen LogP contribution in [0.4, 0.5) is 11.6 Å². The van der Waals surface area contributed by atoms with Gasteiger partial charge in [0.15, 0.2) is 0 Å². The van der Waals surface area contributed by atoms with Crippen LogP contribution in [0.1, 0.15) is 21.5 Å². The van der Waals surface area contributed by atoms with Crippen LogP contribution >= 0.6 is 0 Å². The van der Waals surface area contributed by atoms with E-state index in [-0.39, 0.29) is 5.91 Å². The fraction of sp³-hybridized carbons (Fsp3) is 0.0909. The largest absolute Gasteiger partial charge is 0.381 e. The summed E-state index contributed by atoms with van der Waals surface area (Å²) in [6.07, 6.45) is 0. The number of aromatic amines is 1. The van der Waals surface area contributed by atoms with Gasteiger partial charge < -0.3 is 10.3 Å². The molecule has 0 unspecified atom stereocenters. The van der Waals surface area contributed by atoms with E-state index in [4.69, 9.17) is 0 Å². The van der Waals surface area contributed by atoms with Crippen molar-refractivity contribution in [1.82, 2.24) is 9.97 Å². The van der Waals surface area contributed by atoms with Crippen molar-refractivity contribution in [2.45, 2.75) is 13.5 Å². The molecule has 0 aliphatic carbocycles. The maximum absolute atomic E-state index is 12.4. The van der Waals surface area contributed by atoms with Crippen molar-refractivity contribution in [2.75, 3.05) is 10.6 Å². The average Bonchev–Trinajstić information content (AvgIpc) is 3.10. The van der Waals surface area contributed by atoms with Crippen molar-refractivity contribution < 1.29 is 4.79 Å². The Balaban J connectivity index is 1.38. The average molecular weight is 356 g/mol. The zero-order valence-corrected chi connectivity index (χ0v) is 15.0. The van der Waals surface area contributed by atoms with Gasteiger partial charge in [-0.15, -0.1) is 0 Å². The van der Waals surface area contributed by atoms with Crippen LogP contribution in [0.2, 0.25) is 0 Å². The molecule has 1 heterocycles. The van der Waals surface area contributed by atoms with Gasteiger partial charge >= 0.3 is 0 Å². The van der Waals surface area contributed by atoms with Crippen molar-refractivity contribution in [3.8, 4) is 0 Å². The van der Waals surface area contributed by atoms with Crippen LogP contribution in [0.3, 0.4) is 0 Å². The molecule has 3 aromatic carbocycles. The lowest BCUT2D eigenvalue weighted by molar-refractivity contribution is 0.102. The third-order valence-electron chi connectivity index (χ3n) is 4.39. The standard InChI is InChI=1S/C22H20N4O/c1-15-6-8-16(9-7-15)14-23-18-12-10-17(11-13-18)21(27)26-22-24-19-4-2-3-5-20(19)25-22/h2-13,23H,14H2,1H3,(H2,24,25,26,27). The first kappa shape index (κ1) is 16.8. The molecule has 0 saturated carbocycles. The molecule has 0 atom stereocenters. The summed E-state index contributed by atoms with van der Waals surface area (Å²) < 4.78 is 0. The van der Waals surface area contributed by atoms with E-state index < -0.39 is 0 Å². The van der Waals surface area contributed by atoms with E-state index in [2.05, 4.69) is 51.8 Å². The highest BCUT2D eigenvalue weighted by atomic mass is 16.1. The number of nitrogens with zero attached hydrogens (tertiary/aromatic N) is 1. The van der Waals surface area contributed by atoms with Gasteiger partial charge in [0.25, 0.3) is 5.91 Å². The Bertz CT molecular complexity index is 1030. The molecule has 134 valence electrons. The predicted molar refractivity (Wildman–Crippen MR) is 109 cm³/mol. The fourth-order valence-electron chi connectivity index (χ4n) is 2.84. The number of amides is 1. The molecule has 5 nitrogen and oxygen atoms in total. The number of fused-ring (bicyclic) bond motifs is 1. The number of hydrogen-bond donors (Lipinski definition) is 3. The lowest BCUT2D eigenvalue weighted by Crippen LogP contribution is -2.13. The van der Waals surface area contributed by atoms with Crippen molar-refractivity contribution in [3.05, 3.63) is 89.5 Å². The minimum atomic E-state index is -0.195. The van der Waals surface area contributed by atoms with Crippen LogP contribution in [0.15, 0.2) is 72.8 Å². The minimum Gasteiger partial charge on any atom is -0.381 e. The molecule has 0 radical (unpaired) electrons. The first-order chi connectivity index (χ1) is 13.2. The van der Waals surface area contributed by atoms with E-state index in [1.807, 2.05) is 36.4 Å². The summed E-state index contributed by atoms with van der Waals surface area (Å²) in [6, 6.07) is 23.5. The Morgan fingerprint density at radius 3 is 2.44 bits per heavy atom. The molecule has 4 aromatic rings. The van der Waals surface area contributed by atoms with Crippen molar-refractivity contribution in [2.24, 2.45) is 0 Å². The van der Waals surface area contributed by atoms with Crippen LogP contribution in [0.5, 0.6) is 0 Å². The maximum atomic E-state index is 12.4. The van der Waals surface area contributed by atoms with Gasteiger partial charge in [0.05, 0.1) is 11.0 Å². The molecule has 27 heavy (non-hydrogen) atoms. The number of H-pyrrole nitrogens is 1. The van der Waals surface area contributed by atoms with Crippen LogP contribution in [-0.4, -0.2) is 15.9 Å². The van der Waals surface area contributed by atoms with Gasteiger partial charge in [-0.25, -0.2) is 4.98 Å². The molecule has 1 amide bonds. The van der Waals surface area contributed by atoms with Gasteiger partial charge in [0, 0.05) is 17.8 Å². The molecular formula is C22H20N4O. The van der Waals surface area contributed by atoms with Gasteiger partial charge in [-0.3, -0.25) is 10.1 Å². The lowest BCUT2D eigenvalue weighted by Gasteiger charge is -2.08. The second-order valence-corrected chi connectivity index (χ2v) is 6.47. The quantitative estimate of drug-likeness (QED) is 0.484. The molecule has 0 aliphatic rings. The molecule has 4 rings (SSSR count). The van der Waals surface area contributed by atoms with E-state index in [0.29, 0.717) is 11.5 Å². The van der Waals surface area contributed by atoms with E-state index in [9.17, 15) is 4.79 Å². The number of aromatic nitrogens is 2. The van der Waals surface area contributed by atoms with Gasteiger partial charge in [-0.05, 0) is 48.9 Å². The lowest BCUT2D eigenvalue weighted by atomic mass is 10.1. The number of para-hydroxylation sites is 2. The number of hydrogen-bond acceptors (Lipinski definition) is 3. The smallest absolute Gasteiger partial charge is 0.257 e. The zero-order chi connectivity index (χ0) is 18.6.